The lowest BCUT2D eigenvalue weighted by atomic mass is 10.1. The second-order valence-corrected chi connectivity index (χ2v) is 3.38. The Labute approximate surface area is 81.7 Å². The number of nitrogens with zero attached hydrogens (tertiary/aromatic N) is 1. The fourth-order valence-corrected chi connectivity index (χ4v) is 1.41. The van der Waals surface area contributed by atoms with Gasteiger partial charge in [0.15, 0.2) is 0 Å². The van der Waals surface area contributed by atoms with Gasteiger partial charge in [0.1, 0.15) is 0 Å². The summed E-state index contributed by atoms with van der Waals surface area (Å²) >= 11 is 11.6. The van der Waals surface area contributed by atoms with Crippen molar-refractivity contribution in [2.24, 2.45) is 5.73 Å². The van der Waals surface area contributed by atoms with Gasteiger partial charge < -0.3 is 5.73 Å². The van der Waals surface area contributed by atoms with Crippen LogP contribution in [-0.4, -0.2) is 4.98 Å². The van der Waals surface area contributed by atoms with Gasteiger partial charge in [-0.3, -0.25) is 4.98 Å². The minimum Gasteiger partial charge on any atom is -0.323 e. The van der Waals surface area contributed by atoms with Crippen LogP contribution in [0.25, 0.3) is 0 Å². The summed E-state index contributed by atoms with van der Waals surface area (Å²) in [6.07, 6.45) is 2.37. The van der Waals surface area contributed by atoms with Crippen molar-refractivity contribution in [3.63, 3.8) is 0 Å². The second-order valence-electron chi connectivity index (χ2n) is 2.54. The van der Waals surface area contributed by atoms with Crippen LogP contribution in [0.1, 0.15) is 25.1 Å². The Hall–Kier alpha value is -0.310. The van der Waals surface area contributed by atoms with Crippen molar-refractivity contribution in [2.45, 2.75) is 19.4 Å². The largest absolute Gasteiger partial charge is 0.323 e. The van der Waals surface area contributed by atoms with Crippen LogP contribution >= 0.6 is 23.2 Å². The van der Waals surface area contributed by atoms with E-state index >= 15 is 0 Å². The molecule has 4 heteroatoms. The van der Waals surface area contributed by atoms with E-state index in [0.717, 1.165) is 6.42 Å². The van der Waals surface area contributed by atoms with E-state index in [0.29, 0.717) is 15.7 Å². The van der Waals surface area contributed by atoms with E-state index in [1.54, 1.807) is 12.3 Å². The fourth-order valence-electron chi connectivity index (χ4n) is 0.891. The number of nitrogens with two attached hydrogens (primary N) is 1. The molecule has 0 aromatic carbocycles. The van der Waals surface area contributed by atoms with Crippen LogP contribution in [0.4, 0.5) is 0 Å². The van der Waals surface area contributed by atoms with Gasteiger partial charge in [0.25, 0.3) is 0 Å². The van der Waals surface area contributed by atoms with Crippen molar-refractivity contribution in [3.05, 3.63) is 28.0 Å². The lowest BCUT2D eigenvalue weighted by Gasteiger charge is -2.09. The Morgan fingerprint density at radius 3 is 2.75 bits per heavy atom. The minimum absolute atomic E-state index is 0.102. The molecule has 0 unspecified atom stereocenters. The van der Waals surface area contributed by atoms with E-state index in [9.17, 15) is 0 Å². The lowest BCUT2D eigenvalue weighted by molar-refractivity contribution is 0.676. The summed E-state index contributed by atoms with van der Waals surface area (Å²) in [5.41, 5.74) is 6.47. The maximum Gasteiger partial charge on any atom is 0.0757 e. The van der Waals surface area contributed by atoms with Gasteiger partial charge in [-0.05, 0) is 12.5 Å². The second kappa shape index (κ2) is 4.08. The third kappa shape index (κ3) is 2.09. The van der Waals surface area contributed by atoms with Crippen molar-refractivity contribution in [1.82, 2.24) is 4.98 Å². The third-order valence-corrected chi connectivity index (χ3v) is 2.14. The molecule has 0 fully saturated rings. The summed E-state index contributed by atoms with van der Waals surface area (Å²) in [5.74, 6) is 0. The van der Waals surface area contributed by atoms with Crippen molar-refractivity contribution < 1.29 is 0 Å². The van der Waals surface area contributed by atoms with E-state index in [2.05, 4.69) is 4.98 Å². The molecule has 0 aliphatic rings. The average molecular weight is 205 g/mol. The Morgan fingerprint density at radius 1 is 1.58 bits per heavy atom. The molecule has 0 saturated carbocycles. The van der Waals surface area contributed by atoms with Crippen molar-refractivity contribution >= 4 is 23.2 Å². The van der Waals surface area contributed by atoms with Gasteiger partial charge in [-0.15, -0.1) is 0 Å². The van der Waals surface area contributed by atoms with Gasteiger partial charge in [-0.1, -0.05) is 30.1 Å². The molecule has 1 aromatic rings. The molecule has 0 bridgehead atoms. The van der Waals surface area contributed by atoms with Crippen molar-refractivity contribution in [1.29, 1.82) is 0 Å². The molecule has 1 atom stereocenters. The van der Waals surface area contributed by atoms with Crippen LogP contribution < -0.4 is 5.73 Å². The zero-order valence-corrected chi connectivity index (χ0v) is 8.23. The van der Waals surface area contributed by atoms with Gasteiger partial charge in [-0.25, -0.2) is 0 Å². The SMILES string of the molecule is CC[C@H](N)c1ncc(Cl)cc1Cl. The minimum atomic E-state index is -0.102. The van der Waals surface area contributed by atoms with Crippen LogP contribution in [0.2, 0.25) is 10.0 Å². The number of aromatic nitrogens is 1. The van der Waals surface area contributed by atoms with Gasteiger partial charge in [-0.2, -0.15) is 0 Å². The van der Waals surface area contributed by atoms with Gasteiger partial charge in [0, 0.05) is 12.2 Å². The first-order valence-electron chi connectivity index (χ1n) is 3.71. The number of hydrogen-bond donors (Lipinski definition) is 1. The first-order valence-corrected chi connectivity index (χ1v) is 4.47. The Morgan fingerprint density at radius 2 is 2.25 bits per heavy atom. The monoisotopic (exact) mass is 204 g/mol. The first-order chi connectivity index (χ1) is 5.65. The van der Waals surface area contributed by atoms with E-state index in [1.165, 1.54) is 0 Å². The highest BCUT2D eigenvalue weighted by molar-refractivity contribution is 6.34. The summed E-state index contributed by atoms with van der Waals surface area (Å²) in [4.78, 5) is 4.06. The average Bonchev–Trinajstić information content (AvgIpc) is 2.03. The predicted molar refractivity (Wildman–Crippen MR) is 51.5 cm³/mol. The number of rotatable bonds is 2. The van der Waals surface area contributed by atoms with E-state index in [1.807, 2.05) is 6.92 Å². The molecule has 1 rings (SSSR count). The first kappa shape index (κ1) is 9.78. The molecule has 1 heterocycles. The van der Waals surface area contributed by atoms with Crippen LogP contribution in [0.15, 0.2) is 12.3 Å². The molecule has 0 radical (unpaired) electrons. The molecule has 66 valence electrons. The summed E-state index contributed by atoms with van der Waals surface area (Å²) in [6.45, 7) is 1.98. The topological polar surface area (TPSA) is 38.9 Å². The quantitative estimate of drug-likeness (QED) is 0.806. The van der Waals surface area contributed by atoms with Gasteiger partial charge >= 0.3 is 0 Å². The van der Waals surface area contributed by atoms with Crippen molar-refractivity contribution in [2.75, 3.05) is 0 Å². The molecule has 12 heavy (non-hydrogen) atoms. The Kier molecular flexibility index (Phi) is 3.32. The molecule has 0 aliphatic carbocycles. The zero-order chi connectivity index (χ0) is 9.14. The highest BCUT2D eigenvalue weighted by atomic mass is 35.5. The van der Waals surface area contributed by atoms with Crippen LogP contribution in [0, 0.1) is 0 Å². The fraction of sp³-hybridized carbons (Fsp3) is 0.375. The van der Waals surface area contributed by atoms with Crippen molar-refractivity contribution in [3.8, 4) is 0 Å². The highest BCUT2D eigenvalue weighted by Gasteiger charge is 2.09. The maximum atomic E-state index is 5.88. The normalized spacial score (nSPS) is 13.0. The Balaban J connectivity index is 3.01. The molecule has 2 nitrogen and oxygen atoms in total. The van der Waals surface area contributed by atoms with Crippen LogP contribution in [0.5, 0.6) is 0 Å². The van der Waals surface area contributed by atoms with Gasteiger partial charge in [0.2, 0.25) is 0 Å². The zero-order valence-electron chi connectivity index (χ0n) is 6.72. The summed E-state index contributed by atoms with van der Waals surface area (Å²) in [7, 11) is 0. The molecule has 0 aliphatic heterocycles. The summed E-state index contributed by atoms with van der Waals surface area (Å²) < 4.78 is 0. The number of pyridine rings is 1. The Bertz CT molecular complexity index is 276. The molecule has 0 amide bonds. The molecule has 2 N–H and O–H groups in total. The molecule has 1 aromatic heterocycles. The van der Waals surface area contributed by atoms with E-state index in [-0.39, 0.29) is 6.04 Å². The predicted octanol–water partition coefficient (Wildman–Crippen LogP) is 2.80. The van der Waals surface area contributed by atoms with E-state index in [4.69, 9.17) is 28.9 Å². The highest BCUT2D eigenvalue weighted by Crippen LogP contribution is 2.23. The number of halogens is 2. The lowest BCUT2D eigenvalue weighted by Crippen LogP contribution is -2.10. The summed E-state index contributed by atoms with van der Waals surface area (Å²) in [5, 5.41) is 1.07. The number of hydrogen-bond acceptors (Lipinski definition) is 2. The third-order valence-electron chi connectivity index (χ3n) is 1.63. The molecule has 0 spiro atoms. The van der Waals surface area contributed by atoms with E-state index < -0.39 is 0 Å². The standard InChI is InChI=1S/C8H10Cl2N2/c1-2-7(11)8-6(10)3-5(9)4-12-8/h3-4,7H,2,11H2,1H3/t7-/m0/s1. The summed E-state index contributed by atoms with van der Waals surface area (Å²) in [6, 6.07) is 1.55. The molecule has 0 saturated heterocycles. The van der Waals surface area contributed by atoms with Crippen LogP contribution in [-0.2, 0) is 0 Å². The maximum absolute atomic E-state index is 5.88. The van der Waals surface area contributed by atoms with Crippen LogP contribution in [0.3, 0.4) is 0 Å². The smallest absolute Gasteiger partial charge is 0.0757 e. The molecular weight excluding hydrogens is 195 g/mol. The molecular formula is C8H10Cl2N2. The van der Waals surface area contributed by atoms with Gasteiger partial charge in [0.05, 0.1) is 15.7 Å².